The van der Waals surface area contributed by atoms with Crippen LogP contribution in [0.25, 0.3) is 0 Å². The third kappa shape index (κ3) is 3.92. The fourth-order valence-electron chi connectivity index (χ4n) is 1.39. The number of benzene rings is 1. The number of para-hydroxylation sites is 1. The van der Waals surface area contributed by atoms with Crippen molar-refractivity contribution in [2.75, 3.05) is 5.75 Å². The van der Waals surface area contributed by atoms with Crippen molar-refractivity contribution >= 4 is 22.5 Å². The van der Waals surface area contributed by atoms with E-state index >= 15 is 0 Å². The van der Waals surface area contributed by atoms with Gasteiger partial charge in [0, 0.05) is 28.2 Å². The summed E-state index contributed by atoms with van der Waals surface area (Å²) >= 11 is 0. The average molecular weight is 271 g/mol. The third-order valence-corrected chi connectivity index (χ3v) is 3.87. The van der Waals surface area contributed by atoms with Gasteiger partial charge >= 0.3 is 5.97 Å². The van der Waals surface area contributed by atoms with Gasteiger partial charge in [-0.3, -0.25) is 19.1 Å². The van der Waals surface area contributed by atoms with Crippen molar-refractivity contribution in [3.05, 3.63) is 39.9 Å². The minimum absolute atomic E-state index is 0.00519. The predicted octanol–water partition coefficient (Wildman–Crippen LogP) is 1.56. The molecular weight excluding hydrogens is 258 g/mol. The van der Waals surface area contributed by atoms with Crippen LogP contribution in [-0.4, -0.2) is 26.0 Å². The molecule has 7 heteroatoms. The third-order valence-electron chi connectivity index (χ3n) is 2.36. The predicted molar refractivity (Wildman–Crippen MR) is 66.6 cm³/mol. The first-order valence-electron chi connectivity index (χ1n) is 5.22. The van der Waals surface area contributed by atoms with E-state index < -0.39 is 27.6 Å². The Labute approximate surface area is 106 Å². The first-order valence-corrected chi connectivity index (χ1v) is 6.70. The summed E-state index contributed by atoms with van der Waals surface area (Å²) in [5.74, 6) is -1.77. The second-order valence-corrected chi connectivity index (χ2v) is 5.38. The summed E-state index contributed by atoms with van der Waals surface area (Å²) in [4.78, 5) is 20.8. The van der Waals surface area contributed by atoms with E-state index in [1.807, 2.05) is 0 Å². The van der Waals surface area contributed by atoms with Gasteiger partial charge in [-0.15, -0.1) is 0 Å². The number of aliphatic carboxylic acids is 1. The standard InChI is InChI=1S/C11H13NO5S/c1-8(11(13)14)6-18(17)7-9-4-2-3-5-10(9)12(15)16/h2-5,8H,6-7H2,1H3,(H,13,14). The lowest BCUT2D eigenvalue weighted by Gasteiger charge is -2.06. The molecule has 0 spiro atoms. The fraction of sp³-hybridized carbons (Fsp3) is 0.364. The summed E-state index contributed by atoms with van der Waals surface area (Å²) in [7, 11) is -1.43. The first kappa shape index (κ1) is 14.3. The molecule has 98 valence electrons. The molecule has 6 nitrogen and oxygen atoms in total. The van der Waals surface area contributed by atoms with Crippen LogP contribution in [0.3, 0.4) is 0 Å². The summed E-state index contributed by atoms with van der Waals surface area (Å²) in [6.45, 7) is 1.46. The molecule has 2 unspecified atom stereocenters. The molecule has 0 amide bonds. The number of hydrogen-bond donors (Lipinski definition) is 1. The molecular formula is C11H13NO5S. The Bertz CT molecular complexity index is 488. The number of nitro benzene ring substituents is 1. The van der Waals surface area contributed by atoms with Crippen LogP contribution in [0.5, 0.6) is 0 Å². The van der Waals surface area contributed by atoms with Gasteiger partial charge in [-0.25, -0.2) is 0 Å². The summed E-state index contributed by atoms with van der Waals surface area (Å²) < 4.78 is 11.7. The van der Waals surface area contributed by atoms with Crippen molar-refractivity contribution < 1.29 is 19.0 Å². The molecule has 0 aliphatic rings. The molecule has 1 N–H and O–H groups in total. The molecule has 1 aromatic rings. The van der Waals surface area contributed by atoms with Crippen molar-refractivity contribution in [3.8, 4) is 0 Å². The molecule has 0 fully saturated rings. The maximum absolute atomic E-state index is 11.7. The van der Waals surface area contributed by atoms with Gasteiger partial charge < -0.3 is 5.11 Å². The largest absolute Gasteiger partial charge is 0.481 e. The SMILES string of the molecule is CC(CS(=O)Cc1ccccc1[N+](=O)[O-])C(=O)O. The highest BCUT2D eigenvalue weighted by Gasteiger charge is 2.18. The normalized spacial score (nSPS) is 13.8. The number of carbonyl (C=O) groups is 1. The molecule has 0 heterocycles. The second-order valence-electron chi connectivity index (χ2n) is 3.88. The van der Waals surface area contributed by atoms with E-state index in [0.29, 0.717) is 5.56 Å². The zero-order valence-corrected chi connectivity index (χ0v) is 10.6. The maximum atomic E-state index is 11.7. The topological polar surface area (TPSA) is 97.5 Å². The van der Waals surface area contributed by atoms with Crippen LogP contribution in [-0.2, 0) is 21.3 Å². The summed E-state index contributed by atoms with van der Waals surface area (Å²) in [5, 5.41) is 19.4. The van der Waals surface area contributed by atoms with Crippen molar-refractivity contribution in [2.45, 2.75) is 12.7 Å². The molecule has 2 atom stereocenters. The zero-order chi connectivity index (χ0) is 13.7. The Balaban J connectivity index is 2.76. The van der Waals surface area contributed by atoms with Gasteiger partial charge in [0.1, 0.15) is 0 Å². The second kappa shape index (κ2) is 6.25. The number of carboxylic acid groups (broad SMARTS) is 1. The van der Waals surface area contributed by atoms with Crippen LogP contribution in [0.2, 0.25) is 0 Å². The fourth-order valence-corrected chi connectivity index (χ4v) is 2.80. The van der Waals surface area contributed by atoms with E-state index in [9.17, 15) is 19.1 Å². The Morgan fingerprint density at radius 2 is 2.11 bits per heavy atom. The van der Waals surface area contributed by atoms with Crippen molar-refractivity contribution in [1.29, 1.82) is 0 Å². The van der Waals surface area contributed by atoms with E-state index in [1.165, 1.54) is 25.1 Å². The van der Waals surface area contributed by atoms with E-state index in [2.05, 4.69) is 0 Å². The molecule has 0 bridgehead atoms. The average Bonchev–Trinajstić information content (AvgIpc) is 2.28. The van der Waals surface area contributed by atoms with Crippen LogP contribution in [0, 0.1) is 16.0 Å². The molecule has 0 aromatic heterocycles. The van der Waals surface area contributed by atoms with Crippen LogP contribution >= 0.6 is 0 Å². The van der Waals surface area contributed by atoms with Crippen molar-refractivity contribution in [3.63, 3.8) is 0 Å². The van der Waals surface area contributed by atoms with Gasteiger partial charge in [-0.1, -0.05) is 25.1 Å². The van der Waals surface area contributed by atoms with Gasteiger partial charge in [0.2, 0.25) is 0 Å². The number of rotatable bonds is 6. The number of nitrogens with zero attached hydrogens (tertiary/aromatic N) is 1. The van der Waals surface area contributed by atoms with Gasteiger partial charge in [0.05, 0.1) is 16.6 Å². The van der Waals surface area contributed by atoms with Crippen molar-refractivity contribution in [1.82, 2.24) is 0 Å². The van der Waals surface area contributed by atoms with E-state index in [0.717, 1.165) is 0 Å². The minimum atomic E-state index is -1.43. The van der Waals surface area contributed by atoms with E-state index in [1.54, 1.807) is 6.07 Å². The van der Waals surface area contributed by atoms with Crippen LogP contribution in [0.15, 0.2) is 24.3 Å². The minimum Gasteiger partial charge on any atom is -0.481 e. The van der Waals surface area contributed by atoms with E-state index in [4.69, 9.17) is 5.11 Å². The molecule has 0 saturated heterocycles. The first-order chi connectivity index (χ1) is 8.41. The van der Waals surface area contributed by atoms with Crippen molar-refractivity contribution in [2.24, 2.45) is 5.92 Å². The Hall–Kier alpha value is -1.76. The Morgan fingerprint density at radius 1 is 1.50 bits per heavy atom. The molecule has 1 aromatic carbocycles. The smallest absolute Gasteiger partial charge is 0.307 e. The highest BCUT2D eigenvalue weighted by Crippen LogP contribution is 2.19. The van der Waals surface area contributed by atoms with Gasteiger partial charge in [-0.2, -0.15) is 0 Å². The quantitative estimate of drug-likeness (QED) is 0.625. The van der Waals surface area contributed by atoms with Crippen LogP contribution in [0.4, 0.5) is 5.69 Å². The zero-order valence-electron chi connectivity index (χ0n) is 9.74. The van der Waals surface area contributed by atoms with Crippen LogP contribution in [0.1, 0.15) is 12.5 Å². The number of carboxylic acids is 1. The Kier molecular flexibility index (Phi) is 4.96. The summed E-state index contributed by atoms with van der Waals surface area (Å²) in [5.41, 5.74) is 0.271. The number of nitro groups is 1. The van der Waals surface area contributed by atoms with Gasteiger partial charge in [0.25, 0.3) is 5.69 Å². The highest BCUT2D eigenvalue weighted by molar-refractivity contribution is 7.84. The van der Waals surface area contributed by atoms with E-state index in [-0.39, 0.29) is 17.2 Å². The molecule has 0 aliphatic heterocycles. The molecule has 0 aliphatic carbocycles. The lowest BCUT2D eigenvalue weighted by molar-refractivity contribution is -0.385. The van der Waals surface area contributed by atoms with Gasteiger partial charge in [-0.05, 0) is 0 Å². The lowest BCUT2D eigenvalue weighted by Crippen LogP contribution is -2.18. The lowest BCUT2D eigenvalue weighted by atomic mass is 10.2. The molecule has 0 saturated carbocycles. The monoisotopic (exact) mass is 271 g/mol. The molecule has 0 radical (unpaired) electrons. The summed E-state index contributed by atoms with van der Waals surface area (Å²) in [6.07, 6.45) is 0. The number of hydrogen-bond acceptors (Lipinski definition) is 4. The summed E-state index contributed by atoms with van der Waals surface area (Å²) in [6, 6.07) is 6.03. The van der Waals surface area contributed by atoms with Crippen LogP contribution < -0.4 is 0 Å². The molecule has 1 rings (SSSR count). The highest BCUT2D eigenvalue weighted by atomic mass is 32.2. The Morgan fingerprint density at radius 3 is 2.67 bits per heavy atom. The maximum Gasteiger partial charge on any atom is 0.307 e. The molecule has 18 heavy (non-hydrogen) atoms. The van der Waals surface area contributed by atoms with Gasteiger partial charge in [0.15, 0.2) is 0 Å².